The van der Waals surface area contributed by atoms with Gasteiger partial charge in [-0.2, -0.15) is 13.2 Å². The second kappa shape index (κ2) is 12.5. The number of alkyl halides is 3. The van der Waals surface area contributed by atoms with Crippen LogP contribution in [-0.2, 0) is 11.0 Å². The average Bonchev–Trinajstić information content (AvgIpc) is 2.87. The molecule has 2 aliphatic heterocycles. The number of hydrogen-bond acceptors (Lipinski definition) is 5. The van der Waals surface area contributed by atoms with E-state index >= 15 is 0 Å². The molecule has 0 aromatic heterocycles. The molecule has 0 saturated carbocycles. The lowest BCUT2D eigenvalue weighted by atomic mass is 9.96. The van der Waals surface area contributed by atoms with Crippen molar-refractivity contribution < 1.29 is 27.7 Å². The van der Waals surface area contributed by atoms with Crippen LogP contribution in [0.5, 0.6) is 0 Å². The van der Waals surface area contributed by atoms with Crippen LogP contribution in [0.3, 0.4) is 0 Å². The molecule has 2 saturated heterocycles. The van der Waals surface area contributed by atoms with Gasteiger partial charge >= 0.3 is 12.2 Å². The maximum absolute atomic E-state index is 13.3. The summed E-state index contributed by atoms with van der Waals surface area (Å²) in [6.45, 7) is 5.07. The predicted molar refractivity (Wildman–Crippen MR) is 133 cm³/mol. The predicted octanol–water partition coefficient (Wildman–Crippen LogP) is 4.97. The molecule has 2 heterocycles. The summed E-state index contributed by atoms with van der Waals surface area (Å²) in [6, 6.07) is 2.69. The van der Waals surface area contributed by atoms with Gasteiger partial charge in [0, 0.05) is 64.0 Å². The van der Waals surface area contributed by atoms with Gasteiger partial charge in [0.05, 0.1) is 4.92 Å². The number of unbranched alkanes of at least 4 members (excludes halogenated alkanes) is 1. The van der Waals surface area contributed by atoms with E-state index in [4.69, 9.17) is 0 Å². The monoisotopic (exact) mass is 527 g/mol. The van der Waals surface area contributed by atoms with Crippen molar-refractivity contribution in [2.75, 3.05) is 45.1 Å². The van der Waals surface area contributed by atoms with E-state index in [1.165, 1.54) is 6.07 Å². The lowest BCUT2D eigenvalue weighted by molar-refractivity contribution is -0.388. The first kappa shape index (κ1) is 28.5. The summed E-state index contributed by atoms with van der Waals surface area (Å²) in [4.78, 5) is 40.5. The Labute approximate surface area is 215 Å². The minimum absolute atomic E-state index is 0.0744. The molecule has 0 aliphatic carbocycles. The highest BCUT2D eigenvalue weighted by molar-refractivity contribution is 5.76. The highest BCUT2D eigenvalue weighted by atomic mass is 19.4. The Morgan fingerprint density at radius 1 is 1.11 bits per heavy atom. The van der Waals surface area contributed by atoms with E-state index in [0.29, 0.717) is 44.8 Å². The van der Waals surface area contributed by atoms with Crippen LogP contribution in [0.25, 0.3) is 0 Å². The fourth-order valence-electron chi connectivity index (χ4n) is 5.02. The average molecular weight is 528 g/mol. The number of carbonyl (C=O) groups is 2. The van der Waals surface area contributed by atoms with Crippen LogP contribution >= 0.6 is 0 Å². The van der Waals surface area contributed by atoms with E-state index in [1.807, 2.05) is 4.90 Å². The number of rotatable bonds is 8. The van der Waals surface area contributed by atoms with Crippen molar-refractivity contribution in [2.45, 2.75) is 64.1 Å². The molecule has 2 fully saturated rings. The molecule has 0 radical (unpaired) electrons. The number of nitrogens with zero attached hydrogens (tertiary/aromatic N) is 4. The van der Waals surface area contributed by atoms with Gasteiger partial charge in [-0.1, -0.05) is 13.3 Å². The molecule has 0 atom stereocenters. The summed E-state index contributed by atoms with van der Waals surface area (Å²) in [5, 5.41) is 14.0. The molecular weight excluding hydrogens is 491 g/mol. The lowest BCUT2D eigenvalue weighted by Gasteiger charge is -2.37. The summed E-state index contributed by atoms with van der Waals surface area (Å²) in [7, 11) is 1.78. The first-order chi connectivity index (χ1) is 17.5. The highest BCUT2D eigenvalue weighted by Gasteiger charge is 2.38. The Morgan fingerprint density at radius 2 is 1.73 bits per heavy atom. The van der Waals surface area contributed by atoms with E-state index in [1.54, 1.807) is 16.8 Å². The summed E-state index contributed by atoms with van der Waals surface area (Å²) < 4.78 is 39.8. The quantitative estimate of drug-likeness (QED) is 0.380. The topological polar surface area (TPSA) is 99.0 Å². The van der Waals surface area contributed by atoms with Crippen molar-refractivity contribution in [1.82, 2.24) is 14.7 Å². The number of benzene rings is 1. The van der Waals surface area contributed by atoms with Crippen LogP contribution in [0.15, 0.2) is 18.2 Å². The number of urea groups is 1. The molecule has 0 unspecified atom stereocenters. The van der Waals surface area contributed by atoms with Gasteiger partial charge in [-0.3, -0.25) is 14.9 Å². The fourth-order valence-corrected chi connectivity index (χ4v) is 5.02. The van der Waals surface area contributed by atoms with E-state index in [-0.39, 0.29) is 23.7 Å². The number of nitro benzene ring substituents is 1. The van der Waals surface area contributed by atoms with Gasteiger partial charge in [-0.15, -0.1) is 0 Å². The molecule has 2 aliphatic rings. The Balaban J connectivity index is 1.45. The Bertz CT molecular complexity index is 958. The van der Waals surface area contributed by atoms with Crippen molar-refractivity contribution >= 4 is 23.3 Å². The van der Waals surface area contributed by atoms with Crippen molar-refractivity contribution in [1.29, 1.82) is 0 Å². The molecular formula is C25H36F3N5O4. The number of piperidine rings is 2. The molecule has 37 heavy (non-hydrogen) atoms. The maximum Gasteiger partial charge on any atom is 0.423 e. The standard InChI is InChI=1S/C25H36F3N5O4/c1-3-4-5-23(34)31-12-8-18(9-13-31)17-30(2)24(35)32-14-10-19(11-15-32)29-20-6-7-22(33(36)37)21(16-20)25(26,27)28/h6-7,16,18-19,29H,3-5,8-15,17H2,1-2H3. The van der Waals surface area contributed by atoms with E-state index in [2.05, 4.69) is 12.2 Å². The second-order valence-corrected chi connectivity index (χ2v) is 9.98. The summed E-state index contributed by atoms with van der Waals surface area (Å²) in [5.41, 5.74) is -2.09. The van der Waals surface area contributed by atoms with E-state index < -0.39 is 22.4 Å². The van der Waals surface area contributed by atoms with E-state index in [0.717, 1.165) is 50.9 Å². The first-order valence-electron chi connectivity index (χ1n) is 12.9. The van der Waals surface area contributed by atoms with Crippen molar-refractivity contribution in [3.63, 3.8) is 0 Å². The number of nitrogens with one attached hydrogen (secondary N) is 1. The smallest absolute Gasteiger partial charge is 0.382 e. The van der Waals surface area contributed by atoms with Crippen molar-refractivity contribution in [3.05, 3.63) is 33.9 Å². The van der Waals surface area contributed by atoms with Crippen LogP contribution < -0.4 is 5.32 Å². The number of likely N-dealkylation sites (tertiary alicyclic amines) is 2. The van der Waals surface area contributed by atoms with Crippen molar-refractivity contribution in [3.8, 4) is 0 Å². The van der Waals surface area contributed by atoms with Crippen LogP contribution in [0, 0.1) is 16.0 Å². The normalized spacial score (nSPS) is 17.5. The Kier molecular flexibility index (Phi) is 9.61. The van der Waals surface area contributed by atoms with Crippen LogP contribution in [0.2, 0.25) is 0 Å². The molecule has 0 bridgehead atoms. The zero-order valence-electron chi connectivity index (χ0n) is 21.4. The van der Waals surface area contributed by atoms with Crippen molar-refractivity contribution in [2.24, 2.45) is 5.92 Å². The number of anilines is 1. The van der Waals surface area contributed by atoms with Gasteiger partial charge in [0.15, 0.2) is 0 Å². The van der Waals surface area contributed by atoms with Crippen LogP contribution in [0.4, 0.5) is 29.3 Å². The second-order valence-electron chi connectivity index (χ2n) is 9.98. The molecule has 206 valence electrons. The van der Waals surface area contributed by atoms with Gasteiger partial charge in [-0.25, -0.2) is 4.79 Å². The summed E-state index contributed by atoms with van der Waals surface area (Å²) in [5.74, 6) is 0.554. The molecule has 1 aromatic rings. The Hall–Kier alpha value is -3.05. The summed E-state index contributed by atoms with van der Waals surface area (Å²) >= 11 is 0. The molecule has 1 N–H and O–H groups in total. The zero-order chi connectivity index (χ0) is 27.2. The number of carbonyl (C=O) groups excluding carboxylic acids is 2. The van der Waals surface area contributed by atoms with Gasteiger partial charge in [-0.05, 0) is 50.2 Å². The van der Waals surface area contributed by atoms with Gasteiger partial charge in [0.25, 0.3) is 5.69 Å². The molecule has 3 amide bonds. The number of nitro groups is 1. The number of hydrogen-bond donors (Lipinski definition) is 1. The lowest BCUT2D eigenvalue weighted by Crippen LogP contribution is -2.49. The van der Waals surface area contributed by atoms with Crippen LogP contribution in [-0.4, -0.2) is 77.4 Å². The molecule has 3 rings (SSSR count). The Morgan fingerprint density at radius 3 is 2.30 bits per heavy atom. The fraction of sp³-hybridized carbons (Fsp3) is 0.680. The molecule has 1 aromatic carbocycles. The number of halogens is 3. The highest BCUT2D eigenvalue weighted by Crippen LogP contribution is 2.38. The molecule has 9 nitrogen and oxygen atoms in total. The van der Waals surface area contributed by atoms with E-state index in [9.17, 15) is 32.9 Å². The first-order valence-corrected chi connectivity index (χ1v) is 12.9. The third kappa shape index (κ3) is 7.72. The van der Waals surface area contributed by atoms with Crippen LogP contribution in [0.1, 0.15) is 57.4 Å². The van der Waals surface area contributed by atoms with Gasteiger partial charge in [0.2, 0.25) is 5.91 Å². The third-order valence-electron chi connectivity index (χ3n) is 7.20. The SMILES string of the molecule is CCCCC(=O)N1CCC(CN(C)C(=O)N2CCC(Nc3ccc([N+](=O)[O-])c(C(F)(F)F)c3)CC2)CC1. The number of amides is 3. The zero-order valence-corrected chi connectivity index (χ0v) is 21.4. The third-order valence-corrected chi connectivity index (χ3v) is 7.20. The largest absolute Gasteiger partial charge is 0.423 e. The van der Waals surface area contributed by atoms with Gasteiger partial charge < -0.3 is 20.0 Å². The summed E-state index contributed by atoms with van der Waals surface area (Å²) in [6.07, 6.45) is 0.516. The molecule has 0 spiro atoms. The maximum atomic E-state index is 13.3. The minimum Gasteiger partial charge on any atom is -0.382 e. The minimum atomic E-state index is -4.83. The molecule has 12 heteroatoms. The van der Waals surface area contributed by atoms with Gasteiger partial charge in [0.1, 0.15) is 5.56 Å².